The molecule has 0 spiro atoms. The number of aryl methyl sites for hydroxylation is 3. The van der Waals surface area contributed by atoms with Crippen molar-refractivity contribution in [3.63, 3.8) is 0 Å². The van der Waals surface area contributed by atoms with Gasteiger partial charge in [0.25, 0.3) is 5.91 Å². The van der Waals surface area contributed by atoms with Crippen LogP contribution in [0.2, 0.25) is 0 Å². The summed E-state index contributed by atoms with van der Waals surface area (Å²) in [7, 11) is 7.00. The lowest BCUT2D eigenvalue weighted by Gasteiger charge is -2.33. The largest absolute Gasteiger partial charge is 0.497 e. The number of likely N-dealkylation sites (N-methyl/N-ethyl adjacent to an activating group) is 1. The molecule has 1 aromatic heterocycles. The van der Waals surface area contributed by atoms with Crippen molar-refractivity contribution in [1.82, 2.24) is 20.2 Å². The molecule has 1 atom stereocenters. The van der Waals surface area contributed by atoms with Crippen LogP contribution >= 0.6 is 0 Å². The summed E-state index contributed by atoms with van der Waals surface area (Å²) >= 11 is 0. The van der Waals surface area contributed by atoms with Crippen LogP contribution in [0.15, 0.2) is 66.9 Å². The van der Waals surface area contributed by atoms with Gasteiger partial charge in [-0.1, -0.05) is 17.7 Å². The molecule has 0 aliphatic rings. The van der Waals surface area contributed by atoms with Crippen molar-refractivity contribution in [3.05, 3.63) is 100 Å². The van der Waals surface area contributed by atoms with Gasteiger partial charge in [0.05, 0.1) is 20.3 Å². The van der Waals surface area contributed by atoms with Crippen LogP contribution in [0.25, 0.3) is 0 Å². The van der Waals surface area contributed by atoms with Crippen molar-refractivity contribution in [3.8, 4) is 11.5 Å². The lowest BCUT2D eigenvalue weighted by molar-refractivity contribution is 0.0951. The zero-order chi connectivity index (χ0) is 32.7. The summed E-state index contributed by atoms with van der Waals surface area (Å²) < 4.78 is 11.2. The molecule has 11 heteroatoms. The summed E-state index contributed by atoms with van der Waals surface area (Å²) in [5.74, 6) is 1.24. The van der Waals surface area contributed by atoms with Gasteiger partial charge < -0.3 is 30.1 Å². The van der Waals surface area contributed by atoms with Crippen LogP contribution in [0.1, 0.15) is 44.2 Å². The van der Waals surface area contributed by atoms with Crippen LogP contribution in [0, 0.1) is 20.8 Å². The van der Waals surface area contributed by atoms with Gasteiger partial charge >= 0.3 is 6.09 Å². The summed E-state index contributed by atoms with van der Waals surface area (Å²) in [4.78, 5) is 37.8. The molecular formula is C34H40N6O5. The minimum atomic E-state index is -1.21. The molecule has 3 N–H and O–H groups in total. The quantitative estimate of drug-likeness (QED) is 0.184. The minimum Gasteiger partial charge on any atom is -0.497 e. The second kappa shape index (κ2) is 14.5. The first-order valence-corrected chi connectivity index (χ1v) is 14.5. The smallest absolute Gasteiger partial charge is 0.413 e. The fourth-order valence-corrected chi connectivity index (χ4v) is 5.31. The van der Waals surface area contributed by atoms with Crippen molar-refractivity contribution in [2.45, 2.75) is 26.8 Å². The highest BCUT2D eigenvalue weighted by molar-refractivity contribution is 5.94. The molecule has 0 radical (unpaired) electrons. The average molecular weight is 613 g/mol. The van der Waals surface area contributed by atoms with Crippen molar-refractivity contribution < 1.29 is 24.2 Å². The number of nitrogens with zero attached hydrogens (tertiary/aromatic N) is 4. The van der Waals surface area contributed by atoms with Gasteiger partial charge in [-0.05, 0) is 100 Å². The predicted molar refractivity (Wildman–Crippen MR) is 175 cm³/mol. The topological polar surface area (TPSA) is 129 Å². The van der Waals surface area contributed by atoms with Gasteiger partial charge in [0, 0.05) is 36.1 Å². The molecular weight excluding hydrogens is 572 g/mol. The molecule has 0 bridgehead atoms. The molecule has 0 saturated heterocycles. The molecule has 45 heavy (non-hydrogen) atoms. The molecule has 236 valence electrons. The summed E-state index contributed by atoms with van der Waals surface area (Å²) in [6.07, 6.45) is 0.292. The molecule has 1 unspecified atom stereocenters. The van der Waals surface area contributed by atoms with Crippen molar-refractivity contribution in [1.29, 1.82) is 0 Å². The first kappa shape index (κ1) is 32.7. The summed E-state index contributed by atoms with van der Waals surface area (Å²) in [6, 6.07) is 17.0. The van der Waals surface area contributed by atoms with E-state index in [0.29, 0.717) is 34.9 Å². The molecule has 0 aliphatic carbocycles. The molecule has 1 heterocycles. The third kappa shape index (κ3) is 7.87. The van der Waals surface area contributed by atoms with Gasteiger partial charge in [-0.15, -0.1) is 0 Å². The van der Waals surface area contributed by atoms with E-state index in [4.69, 9.17) is 9.47 Å². The lowest BCUT2D eigenvalue weighted by atomic mass is 9.88. The Morgan fingerprint density at radius 1 is 0.933 bits per heavy atom. The van der Waals surface area contributed by atoms with Crippen LogP contribution in [-0.4, -0.2) is 73.4 Å². The van der Waals surface area contributed by atoms with E-state index in [1.54, 1.807) is 62.8 Å². The number of aromatic nitrogens is 2. The highest BCUT2D eigenvalue weighted by Gasteiger charge is 2.34. The number of hydrogen-bond acceptors (Lipinski definition) is 8. The minimum absolute atomic E-state index is 0.158. The molecule has 11 nitrogen and oxygen atoms in total. The zero-order valence-electron chi connectivity index (χ0n) is 26.7. The van der Waals surface area contributed by atoms with E-state index in [-0.39, 0.29) is 17.7 Å². The summed E-state index contributed by atoms with van der Waals surface area (Å²) in [6.45, 7) is 7.21. The number of amides is 2. The number of carboxylic acid groups (broad SMARTS) is 1. The zero-order valence-corrected chi connectivity index (χ0v) is 26.7. The van der Waals surface area contributed by atoms with Crippen LogP contribution in [-0.2, 0) is 0 Å². The number of ether oxygens (including phenoxy) is 2. The number of anilines is 3. The Hall–Kier alpha value is -5.16. The fraction of sp³-hybridized carbons (Fsp3) is 0.294. The number of rotatable bonds is 12. The number of methoxy groups -OCH3 is 2. The third-order valence-corrected chi connectivity index (χ3v) is 7.34. The highest BCUT2D eigenvalue weighted by Crippen LogP contribution is 2.41. The summed E-state index contributed by atoms with van der Waals surface area (Å²) in [5, 5.41) is 16.8. The van der Waals surface area contributed by atoms with Crippen LogP contribution < -0.4 is 25.0 Å². The Morgan fingerprint density at radius 2 is 1.62 bits per heavy atom. The van der Waals surface area contributed by atoms with E-state index in [1.165, 1.54) is 11.1 Å². The normalized spacial score (nSPS) is 11.6. The van der Waals surface area contributed by atoms with Gasteiger partial charge in [0.1, 0.15) is 17.3 Å². The van der Waals surface area contributed by atoms with Crippen LogP contribution in [0.4, 0.5) is 22.2 Å². The molecule has 0 aliphatic heterocycles. The number of hydrogen-bond donors (Lipinski definition) is 3. The van der Waals surface area contributed by atoms with Gasteiger partial charge in [0.2, 0.25) is 5.95 Å². The second-order valence-electron chi connectivity index (χ2n) is 11.0. The van der Waals surface area contributed by atoms with E-state index in [2.05, 4.69) is 20.6 Å². The Bertz CT molecular complexity index is 1630. The van der Waals surface area contributed by atoms with Gasteiger partial charge in [-0.3, -0.25) is 4.79 Å². The molecule has 4 rings (SSSR count). The molecule has 2 amide bonds. The molecule has 0 fully saturated rings. The van der Waals surface area contributed by atoms with Crippen molar-refractivity contribution in [2.75, 3.05) is 51.6 Å². The first-order chi connectivity index (χ1) is 21.5. The SMILES string of the molecule is COc1ccc(OC)c(C(c2c(C)cc(C)cc2C)N(C(=O)O)c2ccnc(Nc3ccc(C(=O)NCCN(C)C)cc3)n2)c1. The first-order valence-electron chi connectivity index (χ1n) is 14.5. The maximum atomic E-state index is 13.1. The number of benzene rings is 3. The van der Waals surface area contributed by atoms with Gasteiger partial charge in [-0.2, -0.15) is 4.98 Å². The van der Waals surface area contributed by atoms with E-state index in [9.17, 15) is 14.7 Å². The van der Waals surface area contributed by atoms with Crippen molar-refractivity contribution in [2.24, 2.45) is 0 Å². The Kier molecular flexibility index (Phi) is 10.6. The average Bonchev–Trinajstić information content (AvgIpc) is 3.00. The lowest BCUT2D eigenvalue weighted by Crippen LogP contribution is -2.36. The standard InChI is InChI=1S/C34H40N6O5/c1-21-18-22(2)30(23(3)19-21)31(27-20-26(44-6)12-13-28(27)45-7)40(34(42)43)29-14-15-36-33(38-29)37-25-10-8-24(9-11-25)32(41)35-16-17-39(4)5/h8-15,18-20,31H,16-17H2,1-7H3,(H,35,41)(H,42,43)(H,36,37,38). The summed E-state index contributed by atoms with van der Waals surface area (Å²) in [5.41, 5.74) is 5.47. The highest BCUT2D eigenvalue weighted by atomic mass is 16.5. The van der Waals surface area contributed by atoms with E-state index >= 15 is 0 Å². The molecule has 4 aromatic rings. The van der Waals surface area contributed by atoms with E-state index < -0.39 is 12.1 Å². The fourth-order valence-electron chi connectivity index (χ4n) is 5.31. The van der Waals surface area contributed by atoms with Crippen LogP contribution in [0.3, 0.4) is 0 Å². The third-order valence-electron chi connectivity index (χ3n) is 7.34. The monoisotopic (exact) mass is 612 g/mol. The second-order valence-corrected chi connectivity index (χ2v) is 11.0. The van der Waals surface area contributed by atoms with Crippen molar-refractivity contribution >= 4 is 29.5 Å². The van der Waals surface area contributed by atoms with Gasteiger partial charge in [0.15, 0.2) is 0 Å². The Morgan fingerprint density at radius 3 is 2.22 bits per heavy atom. The van der Waals surface area contributed by atoms with E-state index in [1.807, 2.05) is 51.9 Å². The number of carbonyl (C=O) groups excluding carboxylic acids is 1. The predicted octanol–water partition coefficient (Wildman–Crippen LogP) is 5.73. The number of nitrogens with one attached hydrogen (secondary N) is 2. The Labute approximate surface area is 263 Å². The molecule has 3 aromatic carbocycles. The maximum absolute atomic E-state index is 13.1. The Balaban J connectivity index is 1.73. The maximum Gasteiger partial charge on any atom is 0.413 e. The molecule has 0 saturated carbocycles. The van der Waals surface area contributed by atoms with Gasteiger partial charge in [-0.25, -0.2) is 14.7 Å². The number of carbonyl (C=O) groups is 2. The van der Waals surface area contributed by atoms with E-state index in [0.717, 1.165) is 28.8 Å². The van der Waals surface area contributed by atoms with Crippen LogP contribution in [0.5, 0.6) is 11.5 Å².